The lowest BCUT2D eigenvalue weighted by Gasteiger charge is -2.18. The molecule has 6 aromatic rings. The number of likely N-dealkylation sites (N-methyl/N-ethyl adjacent to an activating group) is 1. The Morgan fingerprint density at radius 2 is 1.00 bits per heavy atom. The summed E-state index contributed by atoms with van der Waals surface area (Å²) in [6.07, 6.45) is 12.7. The number of rotatable bonds is 17. The molecule has 0 bridgehead atoms. The zero-order valence-corrected chi connectivity index (χ0v) is 33.0. The Bertz CT molecular complexity index is 2270. The van der Waals surface area contributed by atoms with Crippen LogP contribution in [-0.2, 0) is 28.9 Å². The monoisotopic (exact) mass is 734 g/mol. The zero-order chi connectivity index (χ0) is 38.6. The van der Waals surface area contributed by atoms with Crippen LogP contribution in [0.3, 0.4) is 0 Å². The number of amides is 2. The van der Waals surface area contributed by atoms with Gasteiger partial charge in [0.25, 0.3) is 0 Å². The molecule has 6 nitrogen and oxygen atoms in total. The number of anilines is 5. The fourth-order valence-electron chi connectivity index (χ4n) is 7.51. The second kappa shape index (κ2) is 19.1. The summed E-state index contributed by atoms with van der Waals surface area (Å²) in [6.45, 7) is 6.64. The highest BCUT2D eigenvalue weighted by Gasteiger charge is 2.16. The fraction of sp³-hybridized carbons (Fsp3) is 0.306. The summed E-state index contributed by atoms with van der Waals surface area (Å²) in [5.41, 5.74) is 10.6. The third-order valence-electron chi connectivity index (χ3n) is 10.6. The number of carbonyl (C=O) groups is 2. The summed E-state index contributed by atoms with van der Waals surface area (Å²) in [5.74, 6) is -1.40. The van der Waals surface area contributed by atoms with Gasteiger partial charge in [-0.25, -0.2) is 0 Å². The molecule has 0 aliphatic carbocycles. The molecule has 0 heterocycles. The molecular weight excluding hydrogens is 677 g/mol. The number of nitrogens with one attached hydrogen (secondary N) is 4. The van der Waals surface area contributed by atoms with Crippen LogP contribution in [0.2, 0.25) is 0 Å². The van der Waals surface area contributed by atoms with E-state index in [2.05, 4.69) is 139 Å². The number of unbranched alkanes of at least 4 members (excludes halogenated alkanes) is 6. The summed E-state index contributed by atoms with van der Waals surface area (Å²) < 4.78 is 0. The third kappa shape index (κ3) is 9.93. The van der Waals surface area contributed by atoms with Gasteiger partial charge in [0.2, 0.25) is 0 Å². The van der Waals surface area contributed by atoms with Gasteiger partial charge in [-0.15, -0.1) is 0 Å². The van der Waals surface area contributed by atoms with Gasteiger partial charge < -0.3 is 21.3 Å². The molecule has 0 spiro atoms. The van der Waals surface area contributed by atoms with E-state index in [4.69, 9.17) is 0 Å². The van der Waals surface area contributed by atoms with Crippen LogP contribution in [0.1, 0.15) is 94.5 Å². The van der Waals surface area contributed by atoms with Crippen LogP contribution in [0.25, 0.3) is 21.5 Å². The van der Waals surface area contributed by atoms with Crippen molar-refractivity contribution >= 4 is 61.8 Å². The van der Waals surface area contributed by atoms with Crippen LogP contribution in [0.15, 0.2) is 109 Å². The van der Waals surface area contributed by atoms with Gasteiger partial charge >= 0.3 is 11.8 Å². The van der Waals surface area contributed by atoms with Crippen LogP contribution in [-0.4, -0.2) is 18.9 Å². The van der Waals surface area contributed by atoms with Crippen molar-refractivity contribution in [3.05, 3.63) is 137 Å². The Hall–Kier alpha value is -5.62. The number of benzene rings is 6. The van der Waals surface area contributed by atoms with Crippen molar-refractivity contribution in [1.82, 2.24) is 5.32 Å². The largest absolute Gasteiger partial charge is 0.355 e. The van der Waals surface area contributed by atoms with Crippen LogP contribution < -0.4 is 21.3 Å². The van der Waals surface area contributed by atoms with Crippen molar-refractivity contribution in [3.8, 4) is 0 Å². The first-order chi connectivity index (χ1) is 26.9. The van der Waals surface area contributed by atoms with Crippen LogP contribution >= 0.6 is 0 Å². The van der Waals surface area contributed by atoms with Crippen LogP contribution in [0.5, 0.6) is 0 Å². The first-order valence-corrected chi connectivity index (χ1v) is 20.2. The van der Waals surface area contributed by atoms with Crippen molar-refractivity contribution in [3.63, 3.8) is 0 Å². The minimum Gasteiger partial charge on any atom is -0.355 e. The van der Waals surface area contributed by atoms with E-state index in [0.717, 1.165) is 52.1 Å². The third-order valence-corrected chi connectivity index (χ3v) is 10.6. The first-order valence-electron chi connectivity index (χ1n) is 20.2. The normalized spacial score (nSPS) is 11.1. The van der Waals surface area contributed by atoms with Crippen molar-refractivity contribution in [1.29, 1.82) is 0 Å². The van der Waals surface area contributed by atoms with E-state index in [1.165, 1.54) is 91.3 Å². The molecule has 0 aromatic heterocycles. The molecule has 4 N–H and O–H groups in total. The lowest BCUT2D eigenvalue weighted by Crippen LogP contribution is -2.32. The van der Waals surface area contributed by atoms with E-state index in [1.807, 2.05) is 12.1 Å². The van der Waals surface area contributed by atoms with E-state index >= 15 is 0 Å². The van der Waals surface area contributed by atoms with Crippen molar-refractivity contribution in [2.45, 2.75) is 91.4 Å². The standard InChI is InChI=1S/C49H56N4O2.H2/c1-5-7-9-11-17-37-26-29-43(41-21-15-13-19-39(37)41)51-46-32-35(24-23-34(46)3)31-36-25-28-45(53-49(55)48(54)50-4)47(33-36)52-44-30-27-38(18-12-10-8-6-2)40-20-14-16-22-42(40)44;/h13-16,19-30,32-33,51-52H,5-12,17-18,31H2,1-4H3,(H,50,54)(H,53,55);1H. The van der Waals surface area contributed by atoms with E-state index < -0.39 is 11.8 Å². The molecule has 0 aliphatic heterocycles. The summed E-state index contributed by atoms with van der Waals surface area (Å²) in [4.78, 5) is 25.0. The topological polar surface area (TPSA) is 82.3 Å². The predicted octanol–water partition coefficient (Wildman–Crippen LogP) is 12.6. The summed E-state index contributed by atoms with van der Waals surface area (Å²) in [7, 11) is 1.46. The molecule has 0 unspecified atom stereocenters. The van der Waals surface area contributed by atoms with Gasteiger partial charge in [-0.2, -0.15) is 0 Å². The Kier molecular flexibility index (Phi) is 13.6. The SMILES string of the molecule is CCCCCCc1ccc(Nc2cc(Cc3ccc(NC(=O)C(=O)NC)c(Nc4ccc(CCCCCC)c5ccccc45)c3)ccc2C)c2ccccc12.[HH]. The molecule has 286 valence electrons. The van der Waals surface area contributed by atoms with Gasteiger partial charge in [0.05, 0.1) is 11.4 Å². The molecule has 55 heavy (non-hydrogen) atoms. The van der Waals surface area contributed by atoms with Crippen molar-refractivity contribution in [2.24, 2.45) is 0 Å². The number of carbonyl (C=O) groups excluding carboxylic acids is 2. The molecule has 2 amide bonds. The molecule has 0 aliphatic rings. The molecule has 0 radical (unpaired) electrons. The average Bonchev–Trinajstić information content (AvgIpc) is 3.21. The minimum atomic E-state index is -0.711. The summed E-state index contributed by atoms with van der Waals surface area (Å²) in [5, 5.41) is 17.6. The van der Waals surface area contributed by atoms with Crippen LogP contribution in [0, 0.1) is 6.92 Å². The number of fused-ring (bicyclic) bond motifs is 2. The number of aryl methyl sites for hydroxylation is 3. The highest BCUT2D eigenvalue weighted by molar-refractivity contribution is 6.39. The molecule has 0 saturated heterocycles. The van der Waals surface area contributed by atoms with Gasteiger partial charge in [-0.1, -0.05) is 131 Å². The maximum absolute atomic E-state index is 12.8. The number of hydrogen-bond donors (Lipinski definition) is 4. The molecule has 0 saturated carbocycles. The molecule has 6 rings (SSSR count). The van der Waals surface area contributed by atoms with Crippen molar-refractivity contribution < 1.29 is 11.0 Å². The Labute approximate surface area is 328 Å². The van der Waals surface area contributed by atoms with Gasteiger partial charge in [0.15, 0.2) is 0 Å². The van der Waals surface area contributed by atoms with Gasteiger partial charge in [-0.05, 0) is 108 Å². The second-order valence-corrected chi connectivity index (χ2v) is 14.7. The average molecular weight is 735 g/mol. The fourth-order valence-corrected chi connectivity index (χ4v) is 7.51. The minimum absolute atomic E-state index is 0. The van der Waals surface area contributed by atoms with Gasteiger partial charge in [-0.3, -0.25) is 9.59 Å². The Morgan fingerprint density at radius 1 is 0.509 bits per heavy atom. The highest BCUT2D eigenvalue weighted by Crippen LogP contribution is 2.35. The van der Waals surface area contributed by atoms with E-state index in [9.17, 15) is 9.59 Å². The Balaban J connectivity index is 0.00000600. The first kappa shape index (κ1) is 39.1. The molecule has 6 aromatic carbocycles. The Morgan fingerprint density at radius 3 is 1.55 bits per heavy atom. The predicted molar refractivity (Wildman–Crippen MR) is 235 cm³/mol. The lowest BCUT2D eigenvalue weighted by atomic mass is 9.97. The lowest BCUT2D eigenvalue weighted by molar-refractivity contribution is -0.135. The van der Waals surface area contributed by atoms with E-state index in [1.54, 1.807) is 0 Å². The smallest absolute Gasteiger partial charge is 0.313 e. The van der Waals surface area contributed by atoms with Gasteiger partial charge in [0.1, 0.15) is 0 Å². The molecule has 0 atom stereocenters. The molecular formula is C49H58N4O2. The molecule has 6 heteroatoms. The van der Waals surface area contributed by atoms with E-state index in [0.29, 0.717) is 12.1 Å². The summed E-state index contributed by atoms with van der Waals surface area (Å²) in [6, 6.07) is 38.7. The maximum Gasteiger partial charge on any atom is 0.313 e. The summed E-state index contributed by atoms with van der Waals surface area (Å²) >= 11 is 0. The van der Waals surface area contributed by atoms with E-state index in [-0.39, 0.29) is 1.43 Å². The second-order valence-electron chi connectivity index (χ2n) is 14.7. The molecule has 0 fully saturated rings. The van der Waals surface area contributed by atoms with Crippen LogP contribution in [0.4, 0.5) is 28.4 Å². The number of hydrogen-bond acceptors (Lipinski definition) is 4. The van der Waals surface area contributed by atoms with Crippen molar-refractivity contribution in [2.75, 3.05) is 23.0 Å². The quantitative estimate of drug-likeness (QED) is 0.0555. The van der Waals surface area contributed by atoms with Gasteiger partial charge in [0, 0.05) is 36.3 Å². The highest BCUT2D eigenvalue weighted by atomic mass is 16.2. The maximum atomic E-state index is 12.8. The zero-order valence-electron chi connectivity index (χ0n) is 33.0.